The van der Waals surface area contributed by atoms with Gasteiger partial charge in [-0.15, -0.1) is 26.3 Å². The van der Waals surface area contributed by atoms with Crippen molar-refractivity contribution >= 4 is 34.8 Å². The maximum atomic E-state index is 7.13. The third kappa shape index (κ3) is 26.8. The van der Waals surface area contributed by atoms with E-state index in [1.165, 1.54) is 10.3 Å². The zero-order chi connectivity index (χ0) is 28.7. The Morgan fingerprint density at radius 3 is 0.821 bits per heavy atom. The van der Waals surface area contributed by atoms with Gasteiger partial charge in [0.25, 0.3) is 0 Å². The molecule has 0 bridgehead atoms. The van der Waals surface area contributed by atoms with Crippen LogP contribution in [0.5, 0.6) is 0 Å². The maximum Gasteiger partial charge on any atom is 2.00 e. The molecule has 4 rings (SSSR count). The van der Waals surface area contributed by atoms with E-state index in [1.807, 2.05) is 67.4 Å². The molecule has 208 valence electrons. The predicted molar refractivity (Wildman–Crippen MR) is 162 cm³/mol. The second kappa shape index (κ2) is 31.9. The molecule has 0 unspecified atom stereocenters. The van der Waals surface area contributed by atoms with E-state index in [9.17, 15) is 0 Å². The third-order valence-corrected chi connectivity index (χ3v) is 3.60. The van der Waals surface area contributed by atoms with Crippen LogP contribution in [0.3, 0.4) is 0 Å². The largest absolute Gasteiger partial charge is 2.00 e. The molecule has 4 aromatic rings. The second-order valence-electron chi connectivity index (χ2n) is 6.38. The molecule has 0 saturated heterocycles. The van der Waals surface area contributed by atoms with Crippen molar-refractivity contribution in [2.24, 2.45) is 0 Å². The van der Waals surface area contributed by atoms with Gasteiger partial charge in [-0.2, -0.15) is 10.3 Å². The molecular weight excluding hydrogens is 575 g/mol. The summed E-state index contributed by atoms with van der Waals surface area (Å²) in [5.41, 5.74) is 0. The molecule has 13 heteroatoms. The van der Waals surface area contributed by atoms with Gasteiger partial charge in [-0.1, -0.05) is 48.7 Å². The maximum absolute atomic E-state index is 7.13. The van der Waals surface area contributed by atoms with Crippen LogP contribution >= 0.6 is 24.4 Å². The molecule has 0 N–H and O–H groups in total. The minimum absolute atomic E-state index is 0. The first kappa shape index (κ1) is 39.4. The standard InChI is InChI=1S/4C6H8N2.2CNS.Ni/c4*1-2-4-8-5-3-7-6-8;2*2-1-3;/h4*2-3,5-6H,1,4H2;;;/q;;;;2*-1;+2. The molecule has 0 fully saturated rings. The molecular formula is C26H32N10NiS2. The number of hydrogen-bond acceptors (Lipinski definition) is 6. The van der Waals surface area contributed by atoms with Crippen LogP contribution in [0.1, 0.15) is 0 Å². The molecule has 0 saturated carbocycles. The fourth-order valence-electron chi connectivity index (χ4n) is 2.18. The fraction of sp³-hybridized carbons (Fsp3) is 0.154. The van der Waals surface area contributed by atoms with Gasteiger partial charge < -0.3 is 29.1 Å². The van der Waals surface area contributed by atoms with Gasteiger partial charge >= 0.3 is 16.5 Å². The Morgan fingerprint density at radius 2 is 0.718 bits per heavy atom. The van der Waals surface area contributed by atoms with E-state index in [0.717, 1.165) is 26.2 Å². The zero-order valence-electron chi connectivity index (χ0n) is 21.5. The zero-order valence-corrected chi connectivity index (χ0v) is 24.1. The Balaban J connectivity index is -0.000000412. The van der Waals surface area contributed by atoms with Crippen molar-refractivity contribution in [2.45, 2.75) is 26.2 Å². The van der Waals surface area contributed by atoms with Crippen molar-refractivity contribution < 1.29 is 16.5 Å². The third-order valence-electron chi connectivity index (χ3n) is 3.60. The van der Waals surface area contributed by atoms with Gasteiger partial charge in [0.15, 0.2) is 0 Å². The van der Waals surface area contributed by atoms with Crippen molar-refractivity contribution in [1.29, 1.82) is 0 Å². The van der Waals surface area contributed by atoms with Crippen LogP contribution in [-0.4, -0.2) is 48.5 Å². The fourth-order valence-corrected chi connectivity index (χ4v) is 2.18. The molecule has 0 aliphatic heterocycles. The van der Waals surface area contributed by atoms with Crippen LogP contribution in [0.4, 0.5) is 0 Å². The first-order valence-electron chi connectivity index (χ1n) is 10.9. The van der Waals surface area contributed by atoms with Gasteiger partial charge in [-0.05, 0) is 0 Å². The van der Waals surface area contributed by atoms with Crippen LogP contribution in [-0.2, 0) is 42.7 Å². The SMILES string of the molecule is C=CCn1ccnc1.C=CCn1ccnc1.C=CCn1ccnc1.C=CCn1ccnc1.[N-]=C=S.[N-]=C=S.[Ni+2]. The van der Waals surface area contributed by atoms with Gasteiger partial charge in [-0.3, -0.25) is 0 Å². The van der Waals surface area contributed by atoms with E-state index in [0.29, 0.717) is 0 Å². The molecule has 0 aliphatic carbocycles. The molecule has 10 nitrogen and oxygen atoms in total. The number of isothiocyanates is 2. The molecule has 4 aromatic heterocycles. The number of thiocarbonyl (C=S) groups is 2. The number of hydrogen-bond donors (Lipinski definition) is 0. The summed E-state index contributed by atoms with van der Waals surface area (Å²) in [5, 5.41) is 16.9. The van der Waals surface area contributed by atoms with Crippen molar-refractivity contribution in [3.8, 4) is 0 Å². The average molecular weight is 607 g/mol. The van der Waals surface area contributed by atoms with E-state index in [1.54, 1.807) is 50.1 Å². The van der Waals surface area contributed by atoms with Crippen molar-refractivity contribution in [1.82, 2.24) is 38.2 Å². The van der Waals surface area contributed by atoms with Crippen LogP contribution < -0.4 is 0 Å². The molecule has 0 radical (unpaired) electrons. The Labute approximate surface area is 251 Å². The molecule has 0 aromatic carbocycles. The number of nitrogens with zero attached hydrogens (tertiary/aromatic N) is 10. The Bertz CT molecular complexity index is 953. The van der Waals surface area contributed by atoms with Crippen molar-refractivity contribution in [2.75, 3.05) is 0 Å². The normalized spacial score (nSPS) is 7.79. The summed E-state index contributed by atoms with van der Waals surface area (Å²) in [4.78, 5) is 15.4. The molecule has 4 heterocycles. The quantitative estimate of drug-likeness (QED) is 0.112. The van der Waals surface area contributed by atoms with E-state index in [4.69, 9.17) is 10.8 Å². The smallest absolute Gasteiger partial charge is 0.753 e. The van der Waals surface area contributed by atoms with Gasteiger partial charge in [0.1, 0.15) is 0 Å². The number of rotatable bonds is 8. The van der Waals surface area contributed by atoms with Crippen molar-refractivity contribution in [3.05, 3.63) is 136 Å². The summed E-state index contributed by atoms with van der Waals surface area (Å²) in [6.07, 6.45) is 29.0. The monoisotopic (exact) mass is 606 g/mol. The summed E-state index contributed by atoms with van der Waals surface area (Å²) < 4.78 is 7.81. The Morgan fingerprint density at radius 1 is 0.538 bits per heavy atom. The number of aromatic nitrogens is 8. The average Bonchev–Trinajstić information content (AvgIpc) is 3.71. The van der Waals surface area contributed by atoms with Gasteiger partial charge in [0.05, 0.1) is 25.3 Å². The van der Waals surface area contributed by atoms with E-state index < -0.39 is 0 Å². The molecule has 0 atom stereocenters. The number of allylic oxidation sites excluding steroid dienone is 4. The summed E-state index contributed by atoms with van der Waals surface area (Å²) in [6.45, 7) is 17.7. The molecule has 0 spiro atoms. The first-order chi connectivity index (χ1) is 18.6. The summed E-state index contributed by atoms with van der Waals surface area (Å²) in [5.74, 6) is 0. The van der Waals surface area contributed by atoms with Crippen LogP contribution in [0.25, 0.3) is 10.8 Å². The van der Waals surface area contributed by atoms with Crippen LogP contribution in [0.15, 0.2) is 126 Å². The minimum Gasteiger partial charge on any atom is -0.753 e. The van der Waals surface area contributed by atoms with Gasteiger partial charge in [0, 0.05) is 75.8 Å². The Kier molecular flexibility index (Phi) is 32.3. The van der Waals surface area contributed by atoms with Gasteiger partial charge in [-0.25, -0.2) is 19.9 Å². The Hall–Kier alpha value is -4.11. The van der Waals surface area contributed by atoms with E-state index in [2.05, 4.69) is 70.7 Å². The summed E-state index contributed by atoms with van der Waals surface area (Å²) in [7, 11) is 0. The van der Waals surface area contributed by atoms with Gasteiger partial charge in [0.2, 0.25) is 0 Å². The summed E-state index contributed by atoms with van der Waals surface area (Å²) >= 11 is 7.40. The van der Waals surface area contributed by atoms with Crippen LogP contribution in [0.2, 0.25) is 0 Å². The first-order valence-corrected chi connectivity index (χ1v) is 11.7. The minimum atomic E-state index is 0. The van der Waals surface area contributed by atoms with Crippen LogP contribution in [0, 0.1) is 0 Å². The van der Waals surface area contributed by atoms with E-state index >= 15 is 0 Å². The molecule has 39 heavy (non-hydrogen) atoms. The van der Waals surface area contributed by atoms with E-state index in [-0.39, 0.29) is 16.5 Å². The molecule has 0 aliphatic rings. The second-order valence-corrected chi connectivity index (χ2v) is 6.74. The predicted octanol–water partition coefficient (Wildman–Crippen LogP) is 5.59. The summed E-state index contributed by atoms with van der Waals surface area (Å²) in [6, 6.07) is 0. The number of imidazole rings is 4. The molecule has 0 amide bonds. The topological polar surface area (TPSA) is 116 Å². The van der Waals surface area contributed by atoms with Crippen molar-refractivity contribution in [3.63, 3.8) is 0 Å².